The molecule has 0 aliphatic rings. The van der Waals surface area contributed by atoms with Gasteiger partial charge in [0.15, 0.2) is 6.10 Å². The molecule has 0 rings (SSSR count). The molecule has 0 fully saturated rings. The number of carbonyl (C=O) groups is 4. The molecule has 0 bridgehead atoms. The summed E-state index contributed by atoms with van der Waals surface area (Å²) < 4.78 is 16.1. The van der Waals surface area contributed by atoms with Crippen molar-refractivity contribution in [1.29, 1.82) is 0 Å². The fraction of sp³-hybridized carbons (Fsp3) is 0.571. The number of hydrogen-bond donors (Lipinski definition) is 3. The van der Waals surface area contributed by atoms with Gasteiger partial charge in [0.25, 0.3) is 0 Å². The molecule has 0 aliphatic carbocycles. The summed E-state index contributed by atoms with van der Waals surface area (Å²) >= 11 is 0. The van der Waals surface area contributed by atoms with E-state index in [0.29, 0.717) is 6.08 Å². The Hall–Kier alpha value is -2.49. The largest absolute Gasteiger partial charge is 0.481 e. The SMILES string of the molecule is CCCCC(C)OC(=O)/C=C\C(=O)OF.O=C(O)CC(O)C(=O)O. The van der Waals surface area contributed by atoms with Gasteiger partial charge in [0.05, 0.1) is 12.5 Å². The lowest BCUT2D eigenvalue weighted by atomic mass is 10.2. The molecule has 2 atom stereocenters. The van der Waals surface area contributed by atoms with Crippen LogP contribution in [0, 0.1) is 0 Å². The number of aliphatic hydroxyl groups is 1. The molecule has 138 valence electrons. The molecule has 0 heterocycles. The topological polar surface area (TPSA) is 147 Å². The Kier molecular flexibility index (Phi) is 14.0. The van der Waals surface area contributed by atoms with Crippen LogP contribution in [0.4, 0.5) is 4.53 Å². The summed E-state index contributed by atoms with van der Waals surface area (Å²) in [5.74, 6) is -4.75. The first-order valence-electron chi connectivity index (χ1n) is 6.97. The van der Waals surface area contributed by atoms with E-state index in [1.54, 1.807) is 6.92 Å². The van der Waals surface area contributed by atoms with Gasteiger partial charge in [-0.1, -0.05) is 19.8 Å². The van der Waals surface area contributed by atoms with Crippen molar-refractivity contribution >= 4 is 23.9 Å². The van der Waals surface area contributed by atoms with Crippen molar-refractivity contribution in [2.45, 2.75) is 51.7 Å². The van der Waals surface area contributed by atoms with Crippen molar-refractivity contribution in [1.82, 2.24) is 0 Å². The summed E-state index contributed by atoms with van der Waals surface area (Å²) in [6, 6.07) is 0. The average Bonchev–Trinajstić information content (AvgIpc) is 2.50. The molecule has 24 heavy (non-hydrogen) atoms. The van der Waals surface area contributed by atoms with Crippen LogP contribution in [-0.2, 0) is 28.9 Å². The van der Waals surface area contributed by atoms with Crippen LogP contribution in [-0.4, -0.2) is 51.4 Å². The van der Waals surface area contributed by atoms with E-state index in [4.69, 9.17) is 20.1 Å². The third kappa shape index (κ3) is 15.9. The van der Waals surface area contributed by atoms with E-state index in [9.17, 15) is 23.7 Å². The second-order valence-electron chi connectivity index (χ2n) is 4.57. The molecule has 0 saturated heterocycles. The number of halogens is 1. The number of carbonyl (C=O) groups excluding carboxylic acids is 2. The maximum atomic E-state index is 11.2. The molecule has 9 nitrogen and oxygen atoms in total. The van der Waals surface area contributed by atoms with Gasteiger partial charge in [-0.3, -0.25) is 9.74 Å². The van der Waals surface area contributed by atoms with Gasteiger partial charge >= 0.3 is 23.9 Å². The minimum atomic E-state index is -1.79. The van der Waals surface area contributed by atoms with Crippen LogP contribution in [0.25, 0.3) is 0 Å². The van der Waals surface area contributed by atoms with Gasteiger partial charge in [-0.15, -0.1) is 0 Å². The molecule has 0 aromatic carbocycles. The predicted octanol–water partition coefficient (Wildman–Crippen LogP) is 0.999. The van der Waals surface area contributed by atoms with E-state index < -0.39 is 36.4 Å². The first-order valence-corrected chi connectivity index (χ1v) is 6.97. The van der Waals surface area contributed by atoms with Crippen LogP contribution >= 0.6 is 0 Å². The third-order valence-electron chi connectivity index (χ3n) is 2.37. The quantitative estimate of drug-likeness (QED) is 0.408. The van der Waals surface area contributed by atoms with Gasteiger partial charge < -0.3 is 20.1 Å². The van der Waals surface area contributed by atoms with E-state index >= 15 is 0 Å². The molecule has 0 spiro atoms. The predicted molar refractivity (Wildman–Crippen MR) is 77.3 cm³/mol. The Balaban J connectivity index is 0. The van der Waals surface area contributed by atoms with E-state index in [0.717, 1.165) is 25.3 Å². The minimum Gasteiger partial charge on any atom is -0.481 e. The zero-order valence-corrected chi connectivity index (χ0v) is 13.3. The summed E-state index contributed by atoms with van der Waals surface area (Å²) in [7, 11) is 0. The Morgan fingerprint density at radius 3 is 2.04 bits per heavy atom. The zero-order chi connectivity index (χ0) is 19.1. The normalized spacial score (nSPS) is 12.5. The molecule has 2 unspecified atom stereocenters. The number of aliphatic hydroxyl groups excluding tert-OH is 1. The standard InChI is InChI=1S/C10H15FO4.C4H6O5/c1-3-4-5-8(2)14-9(12)6-7-10(13)15-11;5-2(4(8)9)1-3(6)7/h6-8H,3-5H2,1-2H3;2,5H,1H2,(H,6,7)(H,8,9)/b7-6-;. The van der Waals surface area contributed by atoms with Crippen LogP contribution in [0.5, 0.6) is 0 Å². The maximum absolute atomic E-state index is 11.2. The number of unbranched alkanes of at least 4 members (excludes halogenated alkanes) is 1. The van der Waals surface area contributed by atoms with Crippen LogP contribution in [0.3, 0.4) is 0 Å². The second-order valence-corrected chi connectivity index (χ2v) is 4.57. The highest BCUT2D eigenvalue weighted by Gasteiger charge is 2.16. The smallest absolute Gasteiger partial charge is 0.372 e. The number of aliphatic carboxylic acids is 2. The first-order chi connectivity index (χ1) is 11.1. The van der Waals surface area contributed by atoms with Gasteiger partial charge in [-0.05, 0) is 13.3 Å². The number of ether oxygens (including phenoxy) is 1. The Labute approximate surface area is 137 Å². The number of hydrogen-bond acceptors (Lipinski definition) is 7. The molecule has 0 aromatic rings. The number of esters is 1. The monoisotopic (exact) mass is 352 g/mol. The van der Waals surface area contributed by atoms with Gasteiger partial charge in [0.2, 0.25) is 0 Å². The molecule has 0 aromatic heterocycles. The first kappa shape index (κ1) is 23.8. The molecule has 10 heteroatoms. The molecular weight excluding hydrogens is 331 g/mol. The lowest BCUT2D eigenvalue weighted by Crippen LogP contribution is -2.22. The highest BCUT2D eigenvalue weighted by Crippen LogP contribution is 2.04. The molecule has 0 saturated carbocycles. The molecule has 0 radical (unpaired) electrons. The molecule has 0 amide bonds. The van der Waals surface area contributed by atoms with Gasteiger partial charge in [0, 0.05) is 16.7 Å². The van der Waals surface area contributed by atoms with Crippen molar-refractivity contribution in [3.05, 3.63) is 12.2 Å². The Morgan fingerprint density at radius 1 is 1.12 bits per heavy atom. The highest BCUT2D eigenvalue weighted by atomic mass is 19.3. The average molecular weight is 352 g/mol. The van der Waals surface area contributed by atoms with Crippen molar-refractivity contribution in [3.8, 4) is 0 Å². The van der Waals surface area contributed by atoms with Crippen molar-refractivity contribution in [2.75, 3.05) is 0 Å². The van der Waals surface area contributed by atoms with E-state index in [-0.39, 0.29) is 6.10 Å². The molecule has 3 N–H and O–H groups in total. The zero-order valence-electron chi connectivity index (χ0n) is 13.3. The van der Waals surface area contributed by atoms with Crippen LogP contribution in [0.1, 0.15) is 39.5 Å². The maximum Gasteiger partial charge on any atom is 0.372 e. The lowest BCUT2D eigenvalue weighted by Gasteiger charge is -2.10. The molecule has 0 aliphatic heterocycles. The summed E-state index contributed by atoms with van der Waals surface area (Å²) in [6.45, 7) is 3.79. The van der Waals surface area contributed by atoms with E-state index in [1.165, 1.54) is 0 Å². The highest BCUT2D eigenvalue weighted by molar-refractivity contribution is 5.91. The Bertz CT molecular complexity index is 448. The fourth-order valence-electron chi connectivity index (χ4n) is 1.20. The summed E-state index contributed by atoms with van der Waals surface area (Å²) in [5.41, 5.74) is 0. The van der Waals surface area contributed by atoms with Gasteiger partial charge in [-0.2, -0.15) is 0 Å². The number of rotatable bonds is 9. The lowest BCUT2D eigenvalue weighted by molar-refractivity contribution is -0.176. The number of carboxylic acid groups (broad SMARTS) is 2. The second kappa shape index (κ2) is 14.1. The van der Waals surface area contributed by atoms with Gasteiger partial charge in [-0.25, -0.2) is 14.4 Å². The van der Waals surface area contributed by atoms with Crippen LogP contribution < -0.4 is 0 Å². The van der Waals surface area contributed by atoms with Crippen LogP contribution in [0.15, 0.2) is 12.2 Å². The van der Waals surface area contributed by atoms with Gasteiger partial charge in [0.1, 0.15) is 0 Å². The number of carboxylic acids is 2. The minimum absolute atomic E-state index is 0.205. The van der Waals surface area contributed by atoms with Crippen LogP contribution in [0.2, 0.25) is 0 Å². The van der Waals surface area contributed by atoms with Crippen molar-refractivity contribution < 1.29 is 48.7 Å². The third-order valence-corrected chi connectivity index (χ3v) is 2.37. The summed E-state index contributed by atoms with van der Waals surface area (Å²) in [6.07, 6.45) is 1.51. The van der Waals surface area contributed by atoms with Crippen molar-refractivity contribution in [2.24, 2.45) is 0 Å². The van der Waals surface area contributed by atoms with E-state index in [2.05, 4.69) is 4.94 Å². The summed E-state index contributed by atoms with van der Waals surface area (Å²) in [5, 5.41) is 24.1. The Morgan fingerprint density at radius 2 is 1.67 bits per heavy atom. The van der Waals surface area contributed by atoms with Crippen molar-refractivity contribution in [3.63, 3.8) is 0 Å². The fourth-order valence-corrected chi connectivity index (χ4v) is 1.20. The summed E-state index contributed by atoms with van der Waals surface area (Å²) in [4.78, 5) is 43.5. The van der Waals surface area contributed by atoms with E-state index in [1.807, 2.05) is 6.92 Å². The molecular formula is C14H21FO9.